The molecule has 0 aliphatic rings. The summed E-state index contributed by atoms with van der Waals surface area (Å²) in [7, 11) is -15.2. The molecule has 0 bridgehead atoms. The summed E-state index contributed by atoms with van der Waals surface area (Å²) in [5, 5.41) is 0. The van der Waals surface area contributed by atoms with Crippen LogP contribution in [0.4, 0.5) is 5.69 Å². The third kappa shape index (κ3) is 10.4. The number of rotatable bonds is 5. The first-order valence-corrected chi connectivity index (χ1v) is 8.58. The Morgan fingerprint density at radius 1 is 0.783 bits per heavy atom. The van der Waals surface area contributed by atoms with Crippen LogP contribution < -0.4 is 98.9 Å². The smallest absolute Gasteiger partial charge is 0.744 e. The van der Waals surface area contributed by atoms with Crippen LogP contribution in [0.1, 0.15) is 0 Å². The van der Waals surface area contributed by atoms with E-state index >= 15 is 0 Å². The van der Waals surface area contributed by atoms with Gasteiger partial charge in [-0.05, 0) is 18.2 Å². The van der Waals surface area contributed by atoms with Gasteiger partial charge in [0.15, 0.2) is 10.3 Å². The molecular formula is C6H5N2Na3O9S3. The van der Waals surface area contributed by atoms with Crippen molar-refractivity contribution in [2.75, 3.05) is 5.43 Å². The molecule has 0 heterocycles. The van der Waals surface area contributed by atoms with Gasteiger partial charge in [0.2, 0.25) is 0 Å². The van der Waals surface area contributed by atoms with Gasteiger partial charge in [0.05, 0.1) is 15.5 Å². The standard InChI is InChI=1S/C6H8N2O9S3.3Na/c9-18(10,11)4-1-2-6(19(12,13)14)5(3-4)7-8-20(15,16)17;;;/h1-3,7-8H,(H,9,10,11)(H,12,13,14)(H,15,16,17);;;/q;3*+1/p-3. The minimum atomic E-state index is -5.11. The van der Waals surface area contributed by atoms with Crippen LogP contribution in [0.25, 0.3) is 0 Å². The SMILES string of the molecule is O=S(=O)([O-])NNc1cc(S(=O)(=O)[O-])ccc1S(=O)(=O)[O-].[Na+].[Na+].[Na+]. The Kier molecular flexibility index (Phi) is 13.8. The molecule has 0 aliphatic carbocycles. The van der Waals surface area contributed by atoms with Crippen LogP contribution in [0, 0.1) is 0 Å². The van der Waals surface area contributed by atoms with E-state index in [1.807, 2.05) is 0 Å². The second-order valence-electron chi connectivity index (χ2n) is 3.25. The van der Waals surface area contributed by atoms with Gasteiger partial charge in [-0.25, -0.2) is 25.3 Å². The van der Waals surface area contributed by atoms with Gasteiger partial charge in [-0.1, -0.05) is 0 Å². The van der Waals surface area contributed by atoms with E-state index in [1.165, 1.54) is 5.43 Å². The average molecular weight is 414 g/mol. The first-order chi connectivity index (χ1) is 8.81. The summed E-state index contributed by atoms with van der Waals surface area (Å²) in [6.45, 7) is 0. The number of nitrogens with one attached hydrogen (secondary N) is 2. The zero-order valence-corrected chi connectivity index (χ0v) is 20.6. The molecule has 0 aliphatic heterocycles. The normalized spacial score (nSPS) is 11.4. The largest absolute Gasteiger partial charge is 1.00 e. The van der Waals surface area contributed by atoms with Crippen LogP contribution in [0.3, 0.4) is 0 Å². The van der Waals surface area contributed by atoms with Gasteiger partial charge in [-0.3, -0.25) is 0 Å². The van der Waals surface area contributed by atoms with Gasteiger partial charge in [0.25, 0.3) is 0 Å². The molecule has 11 nitrogen and oxygen atoms in total. The van der Waals surface area contributed by atoms with Crippen molar-refractivity contribution < 1.29 is 128 Å². The van der Waals surface area contributed by atoms with Crippen LogP contribution in [0.2, 0.25) is 0 Å². The second-order valence-corrected chi connectivity index (χ2v) is 7.09. The van der Waals surface area contributed by atoms with E-state index in [-0.39, 0.29) is 88.7 Å². The molecule has 0 saturated carbocycles. The molecule has 1 rings (SSSR count). The summed E-state index contributed by atoms with van der Waals surface area (Å²) in [5.74, 6) is 0. The molecule has 0 unspecified atom stereocenters. The van der Waals surface area contributed by atoms with Crippen LogP contribution in [-0.4, -0.2) is 38.9 Å². The molecule has 0 spiro atoms. The average Bonchev–Trinajstić information content (AvgIpc) is 2.22. The Hall–Kier alpha value is 1.71. The molecule has 114 valence electrons. The summed E-state index contributed by atoms with van der Waals surface area (Å²) in [6, 6.07) is 1.42. The summed E-state index contributed by atoms with van der Waals surface area (Å²) in [4.78, 5) is -0.892. The van der Waals surface area contributed by atoms with Crippen LogP contribution in [0.5, 0.6) is 0 Å². The molecule has 0 amide bonds. The van der Waals surface area contributed by atoms with Crippen LogP contribution in [-0.2, 0) is 30.5 Å². The second kappa shape index (κ2) is 10.8. The molecule has 0 radical (unpaired) electrons. The Morgan fingerprint density at radius 2 is 1.26 bits per heavy atom. The predicted octanol–water partition coefficient (Wildman–Crippen LogP) is -11.1. The van der Waals surface area contributed by atoms with Gasteiger partial charge < -0.3 is 19.1 Å². The Labute approximate surface area is 199 Å². The monoisotopic (exact) mass is 414 g/mol. The van der Waals surface area contributed by atoms with Crippen LogP contribution in [0.15, 0.2) is 28.0 Å². The fraction of sp³-hybridized carbons (Fsp3) is 0. The Balaban J connectivity index is -0.00000133. The van der Waals surface area contributed by atoms with E-state index in [9.17, 15) is 38.9 Å². The minimum absolute atomic E-state index is 0. The summed E-state index contributed by atoms with van der Waals surface area (Å²) < 4.78 is 95.7. The molecular weight excluding hydrogens is 409 g/mol. The van der Waals surface area contributed by atoms with Crippen molar-refractivity contribution >= 4 is 36.2 Å². The number of hydrogen-bond acceptors (Lipinski definition) is 10. The van der Waals surface area contributed by atoms with Crippen molar-refractivity contribution in [1.82, 2.24) is 4.83 Å². The third-order valence-corrected chi connectivity index (χ3v) is 3.90. The molecule has 1 aromatic rings. The zero-order chi connectivity index (χ0) is 15.8. The van der Waals surface area contributed by atoms with E-state index in [0.717, 1.165) is 4.83 Å². The Morgan fingerprint density at radius 3 is 1.61 bits per heavy atom. The number of benzene rings is 1. The van der Waals surface area contributed by atoms with E-state index in [4.69, 9.17) is 0 Å². The molecule has 1 aromatic carbocycles. The van der Waals surface area contributed by atoms with Crippen molar-refractivity contribution in [1.29, 1.82) is 0 Å². The van der Waals surface area contributed by atoms with Gasteiger partial charge >= 0.3 is 88.7 Å². The van der Waals surface area contributed by atoms with Crippen molar-refractivity contribution in [3.63, 3.8) is 0 Å². The van der Waals surface area contributed by atoms with Gasteiger partial charge in [-0.2, -0.15) is 0 Å². The van der Waals surface area contributed by atoms with Crippen molar-refractivity contribution in [3.05, 3.63) is 18.2 Å². The predicted molar refractivity (Wildman–Crippen MR) is 58.8 cm³/mol. The maximum absolute atomic E-state index is 10.9. The number of hydrogen-bond donors (Lipinski definition) is 2. The van der Waals surface area contributed by atoms with Gasteiger partial charge in [0.1, 0.15) is 20.2 Å². The zero-order valence-electron chi connectivity index (χ0n) is 12.1. The maximum Gasteiger partial charge on any atom is 1.00 e. The topological polar surface area (TPSA) is 196 Å². The quantitative estimate of drug-likeness (QED) is 0.265. The molecule has 0 saturated heterocycles. The van der Waals surface area contributed by atoms with Crippen LogP contribution >= 0.6 is 0 Å². The van der Waals surface area contributed by atoms with E-state index < -0.39 is 46.0 Å². The summed E-state index contributed by atoms with van der Waals surface area (Å²) in [5.41, 5.74) is 0.661. The molecule has 0 aromatic heterocycles. The molecule has 17 heteroatoms. The fourth-order valence-electron chi connectivity index (χ4n) is 1.10. The molecule has 0 fully saturated rings. The summed E-state index contributed by atoms with van der Waals surface area (Å²) in [6.07, 6.45) is 0. The maximum atomic E-state index is 10.9. The molecule has 0 atom stereocenters. The van der Waals surface area contributed by atoms with Gasteiger partial charge in [0, 0.05) is 0 Å². The molecule has 23 heavy (non-hydrogen) atoms. The number of anilines is 1. The van der Waals surface area contributed by atoms with Crippen molar-refractivity contribution in [2.45, 2.75) is 9.79 Å². The van der Waals surface area contributed by atoms with E-state index in [2.05, 4.69) is 0 Å². The molecule has 2 N–H and O–H groups in total. The number of hydrazine groups is 1. The van der Waals surface area contributed by atoms with Crippen molar-refractivity contribution in [3.8, 4) is 0 Å². The first-order valence-electron chi connectivity index (χ1n) is 4.35. The van der Waals surface area contributed by atoms with E-state index in [1.54, 1.807) is 0 Å². The fourth-order valence-corrected chi connectivity index (χ4v) is 2.44. The first kappa shape index (κ1) is 29.5. The van der Waals surface area contributed by atoms with E-state index in [0.29, 0.717) is 18.2 Å². The van der Waals surface area contributed by atoms with Gasteiger partial charge in [-0.15, -0.1) is 4.83 Å². The Bertz CT molecular complexity index is 837. The third-order valence-electron chi connectivity index (χ3n) is 1.82. The van der Waals surface area contributed by atoms with Crippen molar-refractivity contribution in [2.24, 2.45) is 0 Å². The summed E-state index contributed by atoms with van der Waals surface area (Å²) >= 11 is 0. The minimum Gasteiger partial charge on any atom is -0.744 e.